The SMILES string of the molecule is COc1ccc([C@H]2C(C#N)=C(N)OC3=C2C(=O)CC(C)(C)C3)cc1OC. The maximum absolute atomic E-state index is 12.9. The molecule has 2 aliphatic rings. The van der Waals surface area contributed by atoms with Gasteiger partial charge in [0.15, 0.2) is 17.3 Å². The summed E-state index contributed by atoms with van der Waals surface area (Å²) in [6.07, 6.45) is 0.995. The summed E-state index contributed by atoms with van der Waals surface area (Å²) >= 11 is 0. The molecule has 6 heteroatoms. The lowest BCUT2D eigenvalue weighted by molar-refractivity contribution is -0.119. The summed E-state index contributed by atoms with van der Waals surface area (Å²) in [6, 6.07) is 7.46. The summed E-state index contributed by atoms with van der Waals surface area (Å²) in [4.78, 5) is 12.9. The van der Waals surface area contributed by atoms with Crippen molar-refractivity contribution < 1.29 is 19.0 Å². The molecule has 0 bridgehead atoms. The second kappa shape index (κ2) is 6.41. The molecule has 1 aliphatic carbocycles. The predicted octanol–water partition coefficient (Wildman–Crippen LogP) is 3.15. The largest absolute Gasteiger partial charge is 0.493 e. The monoisotopic (exact) mass is 354 g/mol. The molecule has 1 atom stereocenters. The Balaban J connectivity index is 2.18. The average molecular weight is 354 g/mol. The van der Waals surface area contributed by atoms with E-state index in [1.165, 1.54) is 0 Å². The van der Waals surface area contributed by atoms with E-state index in [1.54, 1.807) is 26.4 Å². The Kier molecular flexibility index (Phi) is 4.41. The minimum atomic E-state index is -0.563. The van der Waals surface area contributed by atoms with Crippen molar-refractivity contribution in [3.8, 4) is 17.6 Å². The van der Waals surface area contributed by atoms with E-state index >= 15 is 0 Å². The van der Waals surface area contributed by atoms with E-state index in [0.29, 0.717) is 35.7 Å². The van der Waals surface area contributed by atoms with Crippen molar-refractivity contribution in [2.45, 2.75) is 32.6 Å². The molecule has 0 saturated carbocycles. The number of ether oxygens (including phenoxy) is 3. The smallest absolute Gasteiger partial charge is 0.205 e. The van der Waals surface area contributed by atoms with Gasteiger partial charge in [-0.1, -0.05) is 19.9 Å². The van der Waals surface area contributed by atoms with Gasteiger partial charge < -0.3 is 19.9 Å². The summed E-state index contributed by atoms with van der Waals surface area (Å²) in [7, 11) is 3.10. The Morgan fingerprint density at radius 3 is 2.54 bits per heavy atom. The van der Waals surface area contributed by atoms with E-state index < -0.39 is 5.92 Å². The number of nitrogens with zero attached hydrogens (tertiary/aromatic N) is 1. The highest BCUT2D eigenvalue weighted by molar-refractivity contribution is 6.00. The molecule has 1 aromatic rings. The van der Waals surface area contributed by atoms with Crippen LogP contribution in [0.25, 0.3) is 0 Å². The molecule has 0 amide bonds. The number of Topliss-reactive ketones (excluding diaryl/α,β-unsaturated/α-hetero) is 1. The third kappa shape index (κ3) is 2.90. The molecule has 136 valence electrons. The van der Waals surface area contributed by atoms with Crippen molar-refractivity contribution in [2.24, 2.45) is 11.1 Å². The molecule has 0 aromatic heterocycles. The number of nitrogens with two attached hydrogens (primary N) is 1. The zero-order chi connectivity index (χ0) is 19.1. The fourth-order valence-electron chi connectivity index (χ4n) is 3.65. The van der Waals surface area contributed by atoms with Crippen LogP contribution in [0.3, 0.4) is 0 Å². The molecule has 1 aliphatic heterocycles. The standard InChI is InChI=1S/C20H22N2O4/c1-20(2)8-13(23)18-16(9-20)26-19(22)12(10-21)17(18)11-5-6-14(24-3)15(7-11)25-4/h5-7,17H,8-9,22H2,1-4H3/t17-/m0/s1. The van der Waals surface area contributed by atoms with Crippen molar-refractivity contribution in [3.63, 3.8) is 0 Å². The van der Waals surface area contributed by atoms with Gasteiger partial charge in [0.05, 0.1) is 20.1 Å². The molecule has 0 saturated heterocycles. The highest BCUT2D eigenvalue weighted by Crippen LogP contribution is 2.48. The Morgan fingerprint density at radius 1 is 1.23 bits per heavy atom. The van der Waals surface area contributed by atoms with Crippen LogP contribution in [0.2, 0.25) is 0 Å². The average Bonchev–Trinajstić information content (AvgIpc) is 2.58. The molecule has 0 radical (unpaired) electrons. The third-order valence-corrected chi connectivity index (χ3v) is 4.82. The Morgan fingerprint density at radius 2 is 1.92 bits per heavy atom. The predicted molar refractivity (Wildman–Crippen MR) is 95.2 cm³/mol. The molecule has 1 heterocycles. The first-order valence-corrected chi connectivity index (χ1v) is 8.37. The molecule has 3 rings (SSSR count). The summed E-state index contributed by atoms with van der Waals surface area (Å²) in [6.45, 7) is 4.03. The number of hydrogen-bond acceptors (Lipinski definition) is 6. The minimum absolute atomic E-state index is 0.0173. The van der Waals surface area contributed by atoms with E-state index in [4.69, 9.17) is 19.9 Å². The first kappa shape index (κ1) is 17.9. The van der Waals surface area contributed by atoms with Crippen LogP contribution in [-0.4, -0.2) is 20.0 Å². The van der Waals surface area contributed by atoms with Gasteiger partial charge in [0, 0.05) is 18.4 Å². The van der Waals surface area contributed by atoms with Crippen LogP contribution in [0, 0.1) is 16.7 Å². The third-order valence-electron chi connectivity index (χ3n) is 4.82. The number of nitriles is 1. The lowest BCUT2D eigenvalue weighted by Crippen LogP contribution is -2.33. The zero-order valence-electron chi connectivity index (χ0n) is 15.4. The molecule has 1 aromatic carbocycles. The van der Waals surface area contributed by atoms with Gasteiger partial charge >= 0.3 is 0 Å². The van der Waals surface area contributed by atoms with Crippen LogP contribution in [0.15, 0.2) is 41.0 Å². The maximum atomic E-state index is 12.9. The first-order chi connectivity index (χ1) is 12.3. The second-order valence-corrected chi connectivity index (χ2v) is 7.32. The van der Waals surface area contributed by atoms with Gasteiger partial charge in [-0.2, -0.15) is 5.26 Å². The van der Waals surface area contributed by atoms with Crippen LogP contribution in [-0.2, 0) is 9.53 Å². The van der Waals surface area contributed by atoms with E-state index in [2.05, 4.69) is 6.07 Å². The van der Waals surface area contributed by atoms with Gasteiger partial charge in [0.2, 0.25) is 5.88 Å². The molecule has 0 unspecified atom stereocenters. The highest BCUT2D eigenvalue weighted by atomic mass is 16.5. The zero-order valence-corrected chi connectivity index (χ0v) is 15.4. The molecule has 6 nitrogen and oxygen atoms in total. The first-order valence-electron chi connectivity index (χ1n) is 8.37. The summed E-state index contributed by atoms with van der Waals surface area (Å²) in [5.41, 5.74) is 7.31. The van der Waals surface area contributed by atoms with Gasteiger partial charge in [-0.15, -0.1) is 0 Å². The summed E-state index contributed by atoms with van der Waals surface area (Å²) in [5, 5.41) is 9.64. The molecule has 0 spiro atoms. The lowest BCUT2D eigenvalue weighted by Gasteiger charge is -2.37. The van der Waals surface area contributed by atoms with Gasteiger partial charge in [-0.05, 0) is 23.1 Å². The number of hydrogen-bond donors (Lipinski definition) is 1. The van der Waals surface area contributed by atoms with Crippen LogP contribution in [0.5, 0.6) is 11.5 Å². The van der Waals surface area contributed by atoms with Crippen LogP contribution in [0.1, 0.15) is 38.2 Å². The Hall–Kier alpha value is -2.94. The number of ketones is 1. The number of methoxy groups -OCH3 is 2. The molecule has 2 N–H and O–H groups in total. The topological polar surface area (TPSA) is 94.6 Å². The minimum Gasteiger partial charge on any atom is -0.493 e. The number of rotatable bonds is 3. The number of carbonyl (C=O) groups is 1. The van der Waals surface area contributed by atoms with E-state index in [9.17, 15) is 10.1 Å². The van der Waals surface area contributed by atoms with Crippen molar-refractivity contribution in [3.05, 3.63) is 46.6 Å². The molecular weight excluding hydrogens is 332 g/mol. The maximum Gasteiger partial charge on any atom is 0.205 e. The van der Waals surface area contributed by atoms with Crippen LogP contribution >= 0.6 is 0 Å². The molecule has 26 heavy (non-hydrogen) atoms. The van der Waals surface area contributed by atoms with Crippen molar-refractivity contribution in [1.29, 1.82) is 5.26 Å². The van der Waals surface area contributed by atoms with Gasteiger partial charge in [-0.3, -0.25) is 4.79 Å². The van der Waals surface area contributed by atoms with E-state index in [-0.39, 0.29) is 22.7 Å². The Bertz CT molecular complexity index is 874. The van der Waals surface area contributed by atoms with Gasteiger partial charge in [0.1, 0.15) is 17.4 Å². The fourth-order valence-corrected chi connectivity index (χ4v) is 3.65. The Labute approximate surface area is 152 Å². The van der Waals surface area contributed by atoms with Gasteiger partial charge in [-0.25, -0.2) is 0 Å². The van der Waals surface area contributed by atoms with Crippen molar-refractivity contribution in [1.82, 2.24) is 0 Å². The van der Waals surface area contributed by atoms with Crippen molar-refractivity contribution >= 4 is 5.78 Å². The van der Waals surface area contributed by atoms with Gasteiger partial charge in [0.25, 0.3) is 0 Å². The second-order valence-electron chi connectivity index (χ2n) is 7.32. The molecule has 0 fully saturated rings. The number of carbonyl (C=O) groups excluding carboxylic acids is 1. The van der Waals surface area contributed by atoms with E-state index in [0.717, 1.165) is 5.56 Å². The fraction of sp³-hybridized carbons (Fsp3) is 0.400. The lowest BCUT2D eigenvalue weighted by atomic mass is 9.70. The van der Waals surface area contributed by atoms with E-state index in [1.807, 2.05) is 19.9 Å². The quantitative estimate of drug-likeness (QED) is 0.896. The summed E-state index contributed by atoms with van der Waals surface area (Å²) < 4.78 is 16.3. The number of allylic oxidation sites excluding steroid dienone is 3. The van der Waals surface area contributed by atoms with Crippen LogP contribution in [0.4, 0.5) is 0 Å². The molecular formula is C20H22N2O4. The highest BCUT2D eigenvalue weighted by Gasteiger charge is 2.43. The van der Waals surface area contributed by atoms with Crippen molar-refractivity contribution in [2.75, 3.05) is 14.2 Å². The van der Waals surface area contributed by atoms with Crippen LogP contribution < -0.4 is 15.2 Å². The normalized spacial score (nSPS) is 21.7. The summed E-state index contributed by atoms with van der Waals surface area (Å²) in [5.74, 6) is 1.13. The number of benzene rings is 1.